The molecule has 0 unspecified atom stereocenters. The average molecular weight is 282 g/mol. The van der Waals surface area contributed by atoms with E-state index in [2.05, 4.69) is 11.8 Å². The number of halogens is 1. The molecule has 0 bridgehead atoms. The highest BCUT2D eigenvalue weighted by molar-refractivity contribution is 5.40. The fraction of sp³-hybridized carbons (Fsp3) is 0.467. The second-order valence-electron chi connectivity index (χ2n) is 3.94. The molecular formula is C15H19FO4. The molecule has 1 rings (SSSR count). The minimum Gasteiger partial charge on any atom is -0.491 e. The van der Waals surface area contributed by atoms with Crippen molar-refractivity contribution in [1.29, 1.82) is 0 Å². The molecule has 4 nitrogen and oxygen atoms in total. The summed E-state index contributed by atoms with van der Waals surface area (Å²) >= 11 is 0. The standard InChI is InChI=1S/C15H19FO4/c1-18-6-3-7-19-8-9-20-15-11-13(4-2-5-17)10-14(16)12-15/h10-12,17H,3,5-9H2,1H3. The summed E-state index contributed by atoms with van der Waals surface area (Å²) in [6.45, 7) is 1.77. The molecule has 20 heavy (non-hydrogen) atoms. The molecule has 110 valence electrons. The highest BCUT2D eigenvalue weighted by Crippen LogP contribution is 2.15. The van der Waals surface area contributed by atoms with Crippen LogP contribution in [-0.4, -0.2) is 45.3 Å². The smallest absolute Gasteiger partial charge is 0.128 e. The molecule has 0 aromatic heterocycles. The Morgan fingerprint density at radius 3 is 2.75 bits per heavy atom. The Kier molecular flexibility index (Phi) is 8.40. The molecule has 0 atom stereocenters. The molecule has 0 heterocycles. The zero-order valence-electron chi connectivity index (χ0n) is 11.5. The lowest BCUT2D eigenvalue weighted by Crippen LogP contribution is -2.08. The molecule has 1 aromatic carbocycles. The van der Waals surface area contributed by atoms with Gasteiger partial charge in [0.05, 0.1) is 6.61 Å². The Balaban J connectivity index is 2.34. The Hall–Kier alpha value is -1.61. The summed E-state index contributed by atoms with van der Waals surface area (Å²) in [7, 11) is 1.64. The topological polar surface area (TPSA) is 47.9 Å². The molecule has 0 saturated carbocycles. The number of rotatable bonds is 8. The van der Waals surface area contributed by atoms with Crippen LogP contribution in [0.5, 0.6) is 5.75 Å². The van der Waals surface area contributed by atoms with Gasteiger partial charge in [-0.25, -0.2) is 4.39 Å². The van der Waals surface area contributed by atoms with Crippen LogP contribution < -0.4 is 4.74 Å². The van der Waals surface area contributed by atoms with Crippen LogP contribution in [0.3, 0.4) is 0 Å². The van der Waals surface area contributed by atoms with Crippen molar-refractivity contribution < 1.29 is 23.7 Å². The number of aliphatic hydroxyl groups excluding tert-OH is 1. The van der Waals surface area contributed by atoms with E-state index < -0.39 is 5.82 Å². The number of ether oxygens (including phenoxy) is 3. The normalized spacial score (nSPS) is 9.95. The van der Waals surface area contributed by atoms with Crippen molar-refractivity contribution in [3.63, 3.8) is 0 Å². The highest BCUT2D eigenvalue weighted by Gasteiger charge is 2.00. The van der Waals surface area contributed by atoms with Gasteiger partial charge in [0, 0.05) is 32.0 Å². The van der Waals surface area contributed by atoms with E-state index in [9.17, 15) is 4.39 Å². The molecule has 0 aliphatic carbocycles. The van der Waals surface area contributed by atoms with Crippen LogP contribution in [0.4, 0.5) is 4.39 Å². The first-order valence-electron chi connectivity index (χ1n) is 6.36. The zero-order valence-corrected chi connectivity index (χ0v) is 11.5. The monoisotopic (exact) mass is 282 g/mol. The van der Waals surface area contributed by atoms with Crippen molar-refractivity contribution in [3.05, 3.63) is 29.6 Å². The molecule has 0 amide bonds. The van der Waals surface area contributed by atoms with Crippen molar-refractivity contribution in [2.24, 2.45) is 0 Å². The van der Waals surface area contributed by atoms with Gasteiger partial charge in [-0.15, -0.1) is 0 Å². The second-order valence-corrected chi connectivity index (χ2v) is 3.94. The average Bonchev–Trinajstić information content (AvgIpc) is 2.43. The van der Waals surface area contributed by atoms with Crippen LogP contribution in [0, 0.1) is 17.7 Å². The van der Waals surface area contributed by atoms with E-state index in [0.717, 1.165) is 6.42 Å². The van der Waals surface area contributed by atoms with Crippen LogP contribution >= 0.6 is 0 Å². The summed E-state index contributed by atoms with van der Waals surface area (Å²) in [5.41, 5.74) is 0.468. The van der Waals surface area contributed by atoms with Gasteiger partial charge >= 0.3 is 0 Å². The van der Waals surface area contributed by atoms with Gasteiger partial charge in [-0.2, -0.15) is 0 Å². The van der Waals surface area contributed by atoms with E-state index in [1.165, 1.54) is 12.1 Å². The Morgan fingerprint density at radius 2 is 2.00 bits per heavy atom. The van der Waals surface area contributed by atoms with E-state index >= 15 is 0 Å². The summed E-state index contributed by atoms with van der Waals surface area (Å²) in [4.78, 5) is 0. The Bertz CT molecular complexity index is 451. The van der Waals surface area contributed by atoms with Gasteiger partial charge in [0.2, 0.25) is 0 Å². The minimum absolute atomic E-state index is 0.262. The van der Waals surface area contributed by atoms with Crippen molar-refractivity contribution in [1.82, 2.24) is 0 Å². The summed E-state index contributed by atoms with van der Waals surface area (Å²) in [5, 5.41) is 8.60. The lowest BCUT2D eigenvalue weighted by Gasteiger charge is -2.07. The lowest BCUT2D eigenvalue weighted by atomic mass is 10.2. The molecule has 5 heteroatoms. The zero-order chi connectivity index (χ0) is 14.6. The molecule has 0 saturated heterocycles. The molecule has 0 aliphatic rings. The second kappa shape index (κ2) is 10.2. The predicted octanol–water partition coefficient (Wildman–Crippen LogP) is 1.60. The number of methoxy groups -OCH3 is 1. The Labute approximate surface area is 118 Å². The first-order valence-corrected chi connectivity index (χ1v) is 6.36. The van der Waals surface area contributed by atoms with Crippen molar-refractivity contribution >= 4 is 0 Å². The van der Waals surface area contributed by atoms with Crippen LogP contribution in [0.15, 0.2) is 18.2 Å². The summed E-state index contributed by atoms with van der Waals surface area (Å²) < 4.78 is 28.9. The van der Waals surface area contributed by atoms with E-state index in [1.807, 2.05) is 0 Å². The van der Waals surface area contributed by atoms with Crippen LogP contribution in [-0.2, 0) is 9.47 Å². The number of aliphatic hydroxyl groups is 1. The third-order valence-electron chi connectivity index (χ3n) is 2.32. The van der Waals surface area contributed by atoms with Crippen LogP contribution in [0.2, 0.25) is 0 Å². The van der Waals surface area contributed by atoms with Gasteiger partial charge in [-0.05, 0) is 18.6 Å². The first kappa shape index (κ1) is 16.4. The van der Waals surface area contributed by atoms with E-state index in [4.69, 9.17) is 19.3 Å². The van der Waals surface area contributed by atoms with E-state index in [-0.39, 0.29) is 6.61 Å². The fourth-order valence-electron chi connectivity index (χ4n) is 1.49. The fourth-order valence-corrected chi connectivity index (χ4v) is 1.49. The molecular weight excluding hydrogens is 263 g/mol. The largest absolute Gasteiger partial charge is 0.491 e. The SMILES string of the molecule is COCCCOCCOc1cc(F)cc(C#CCO)c1. The van der Waals surface area contributed by atoms with E-state index in [0.29, 0.717) is 37.7 Å². The first-order chi connectivity index (χ1) is 9.76. The predicted molar refractivity (Wildman–Crippen MR) is 73.2 cm³/mol. The molecule has 0 radical (unpaired) electrons. The maximum absolute atomic E-state index is 13.3. The van der Waals surface area contributed by atoms with Gasteiger partial charge < -0.3 is 19.3 Å². The van der Waals surface area contributed by atoms with Crippen LogP contribution in [0.25, 0.3) is 0 Å². The van der Waals surface area contributed by atoms with E-state index in [1.54, 1.807) is 13.2 Å². The highest BCUT2D eigenvalue weighted by atomic mass is 19.1. The quantitative estimate of drug-likeness (QED) is 0.581. The third-order valence-corrected chi connectivity index (χ3v) is 2.32. The molecule has 0 fully saturated rings. The third kappa shape index (κ3) is 7.10. The van der Waals surface area contributed by atoms with Crippen molar-refractivity contribution in [2.45, 2.75) is 6.42 Å². The maximum atomic E-state index is 13.3. The van der Waals surface area contributed by atoms with Gasteiger partial charge in [0.15, 0.2) is 0 Å². The molecule has 0 spiro atoms. The van der Waals surface area contributed by atoms with Gasteiger partial charge in [-0.1, -0.05) is 11.8 Å². The lowest BCUT2D eigenvalue weighted by molar-refractivity contribution is 0.0805. The molecule has 1 aromatic rings. The number of hydrogen-bond donors (Lipinski definition) is 1. The summed E-state index contributed by atoms with van der Waals surface area (Å²) in [6, 6.07) is 4.20. The molecule has 0 aliphatic heterocycles. The van der Waals surface area contributed by atoms with Gasteiger partial charge in [-0.3, -0.25) is 0 Å². The number of hydrogen-bond acceptors (Lipinski definition) is 4. The van der Waals surface area contributed by atoms with Gasteiger partial charge in [0.25, 0.3) is 0 Å². The minimum atomic E-state index is -0.425. The van der Waals surface area contributed by atoms with Crippen molar-refractivity contribution in [3.8, 4) is 17.6 Å². The molecule has 1 N–H and O–H groups in total. The number of benzene rings is 1. The van der Waals surface area contributed by atoms with Gasteiger partial charge in [0.1, 0.15) is 24.8 Å². The summed E-state index contributed by atoms with van der Waals surface area (Å²) in [5.74, 6) is 5.07. The van der Waals surface area contributed by atoms with Crippen molar-refractivity contribution in [2.75, 3.05) is 40.1 Å². The van der Waals surface area contributed by atoms with Crippen LogP contribution in [0.1, 0.15) is 12.0 Å². The maximum Gasteiger partial charge on any atom is 0.128 e. The summed E-state index contributed by atoms with van der Waals surface area (Å²) in [6.07, 6.45) is 0.831. The Morgan fingerprint density at radius 1 is 1.15 bits per heavy atom.